The lowest BCUT2D eigenvalue weighted by atomic mass is 9.87. The molecule has 154 valence electrons. The molecule has 0 aliphatic heterocycles. The molecule has 2 aromatic carbocycles. The van der Waals surface area contributed by atoms with E-state index >= 15 is 0 Å². The van der Waals surface area contributed by atoms with Gasteiger partial charge in [0.15, 0.2) is 6.61 Å². The van der Waals surface area contributed by atoms with Gasteiger partial charge in [0.1, 0.15) is 12.3 Å². The molecule has 7 heteroatoms. The van der Waals surface area contributed by atoms with Crippen molar-refractivity contribution in [2.24, 2.45) is 0 Å². The standard InChI is InChI=1S/C22H26N2O5/c1-22(2,3)15-9-11-16(12-10-15)24-19(25)14-29-20(26)13-23-21(27)17-7-5-6-8-18(17)28-4/h5-12H,13-14H2,1-4H3,(H,23,27)(H,24,25). The maximum atomic E-state index is 12.1. The Morgan fingerprint density at radius 2 is 1.62 bits per heavy atom. The summed E-state index contributed by atoms with van der Waals surface area (Å²) in [6.45, 7) is 5.51. The lowest BCUT2D eigenvalue weighted by Gasteiger charge is -2.19. The molecule has 0 radical (unpaired) electrons. The van der Waals surface area contributed by atoms with Crippen LogP contribution in [0.25, 0.3) is 0 Å². The molecule has 0 heterocycles. The molecule has 2 aromatic rings. The van der Waals surface area contributed by atoms with Crippen molar-refractivity contribution in [2.45, 2.75) is 26.2 Å². The fourth-order valence-corrected chi connectivity index (χ4v) is 2.53. The number of hydrogen-bond acceptors (Lipinski definition) is 5. The molecule has 0 spiro atoms. The Kier molecular flexibility index (Phi) is 7.36. The van der Waals surface area contributed by atoms with Crippen LogP contribution in [-0.2, 0) is 19.7 Å². The molecule has 0 atom stereocenters. The first-order valence-corrected chi connectivity index (χ1v) is 9.18. The molecule has 2 amide bonds. The van der Waals surface area contributed by atoms with Gasteiger partial charge >= 0.3 is 5.97 Å². The van der Waals surface area contributed by atoms with Gasteiger partial charge in [0.25, 0.3) is 11.8 Å². The minimum Gasteiger partial charge on any atom is -0.496 e. The van der Waals surface area contributed by atoms with Gasteiger partial charge in [-0.1, -0.05) is 45.0 Å². The van der Waals surface area contributed by atoms with Crippen molar-refractivity contribution in [1.82, 2.24) is 5.32 Å². The van der Waals surface area contributed by atoms with E-state index in [1.54, 1.807) is 36.4 Å². The second-order valence-corrected chi connectivity index (χ2v) is 7.42. The molecule has 0 saturated carbocycles. The molecule has 7 nitrogen and oxygen atoms in total. The lowest BCUT2D eigenvalue weighted by Crippen LogP contribution is -2.32. The fraction of sp³-hybridized carbons (Fsp3) is 0.318. The highest BCUT2D eigenvalue weighted by Gasteiger charge is 2.15. The van der Waals surface area contributed by atoms with Crippen molar-refractivity contribution in [2.75, 3.05) is 25.6 Å². The maximum absolute atomic E-state index is 12.1. The first-order valence-electron chi connectivity index (χ1n) is 9.18. The van der Waals surface area contributed by atoms with Gasteiger partial charge in [0.2, 0.25) is 0 Å². The summed E-state index contributed by atoms with van der Waals surface area (Å²) in [6.07, 6.45) is 0. The van der Waals surface area contributed by atoms with Crippen molar-refractivity contribution < 1.29 is 23.9 Å². The molecular formula is C22H26N2O5. The minimum absolute atomic E-state index is 0.0201. The number of amides is 2. The minimum atomic E-state index is -0.716. The van der Waals surface area contributed by atoms with Crippen molar-refractivity contribution in [3.05, 3.63) is 59.7 Å². The molecule has 0 aliphatic carbocycles. The number of carbonyl (C=O) groups is 3. The number of ether oxygens (including phenoxy) is 2. The molecule has 0 aliphatic rings. The van der Waals surface area contributed by atoms with E-state index in [1.807, 2.05) is 12.1 Å². The van der Waals surface area contributed by atoms with E-state index in [2.05, 4.69) is 31.4 Å². The molecule has 0 bridgehead atoms. The van der Waals surface area contributed by atoms with Crippen LogP contribution in [0.5, 0.6) is 5.75 Å². The largest absolute Gasteiger partial charge is 0.496 e. The van der Waals surface area contributed by atoms with Crippen LogP contribution in [0.4, 0.5) is 5.69 Å². The van der Waals surface area contributed by atoms with E-state index in [9.17, 15) is 14.4 Å². The number of para-hydroxylation sites is 1. The van der Waals surface area contributed by atoms with Crippen molar-refractivity contribution >= 4 is 23.5 Å². The molecule has 29 heavy (non-hydrogen) atoms. The van der Waals surface area contributed by atoms with Crippen LogP contribution in [0, 0.1) is 0 Å². The number of esters is 1. The quantitative estimate of drug-likeness (QED) is 0.700. The summed E-state index contributed by atoms with van der Waals surface area (Å²) in [5.41, 5.74) is 2.09. The van der Waals surface area contributed by atoms with Crippen LogP contribution in [0.15, 0.2) is 48.5 Å². The topological polar surface area (TPSA) is 93.7 Å². The summed E-state index contributed by atoms with van der Waals surface area (Å²) in [4.78, 5) is 35.9. The highest BCUT2D eigenvalue weighted by atomic mass is 16.5. The van der Waals surface area contributed by atoms with E-state index in [0.717, 1.165) is 5.56 Å². The van der Waals surface area contributed by atoms with E-state index in [4.69, 9.17) is 9.47 Å². The zero-order valence-electron chi connectivity index (χ0n) is 17.1. The van der Waals surface area contributed by atoms with Gasteiger partial charge in [-0.05, 0) is 35.2 Å². The highest BCUT2D eigenvalue weighted by Crippen LogP contribution is 2.23. The predicted molar refractivity (Wildman–Crippen MR) is 110 cm³/mol. The molecule has 0 fully saturated rings. The second kappa shape index (κ2) is 9.73. The number of hydrogen-bond donors (Lipinski definition) is 2. The van der Waals surface area contributed by atoms with E-state index in [-0.39, 0.29) is 12.0 Å². The van der Waals surface area contributed by atoms with Gasteiger partial charge in [0, 0.05) is 5.69 Å². The summed E-state index contributed by atoms with van der Waals surface area (Å²) >= 11 is 0. The Balaban J connectivity index is 1.77. The summed E-state index contributed by atoms with van der Waals surface area (Å²) < 4.78 is 10.0. The highest BCUT2D eigenvalue weighted by molar-refractivity contribution is 5.98. The molecule has 0 saturated heterocycles. The van der Waals surface area contributed by atoms with Gasteiger partial charge < -0.3 is 20.1 Å². The van der Waals surface area contributed by atoms with Gasteiger partial charge in [-0.15, -0.1) is 0 Å². The number of methoxy groups -OCH3 is 1. The number of anilines is 1. The van der Waals surface area contributed by atoms with E-state index < -0.39 is 24.4 Å². The third kappa shape index (κ3) is 6.64. The van der Waals surface area contributed by atoms with Crippen LogP contribution >= 0.6 is 0 Å². The SMILES string of the molecule is COc1ccccc1C(=O)NCC(=O)OCC(=O)Nc1ccc(C(C)(C)C)cc1. The van der Waals surface area contributed by atoms with Gasteiger partial charge in [-0.2, -0.15) is 0 Å². The summed E-state index contributed by atoms with van der Waals surface area (Å²) in [5, 5.41) is 5.10. The fourth-order valence-electron chi connectivity index (χ4n) is 2.53. The van der Waals surface area contributed by atoms with Crippen molar-refractivity contribution in [3.8, 4) is 5.75 Å². The Bertz CT molecular complexity index is 870. The van der Waals surface area contributed by atoms with E-state index in [0.29, 0.717) is 17.0 Å². The summed E-state index contributed by atoms with van der Waals surface area (Å²) in [7, 11) is 1.45. The normalized spacial score (nSPS) is 10.8. The molecular weight excluding hydrogens is 372 g/mol. The number of nitrogens with one attached hydrogen (secondary N) is 2. The number of carbonyl (C=O) groups excluding carboxylic acids is 3. The maximum Gasteiger partial charge on any atom is 0.325 e. The number of rotatable bonds is 7. The average Bonchev–Trinajstić information content (AvgIpc) is 2.70. The van der Waals surface area contributed by atoms with Crippen molar-refractivity contribution in [1.29, 1.82) is 0 Å². The summed E-state index contributed by atoms with van der Waals surface area (Å²) in [5.74, 6) is -1.25. The number of benzene rings is 2. The van der Waals surface area contributed by atoms with Gasteiger partial charge in [0.05, 0.1) is 12.7 Å². The first kappa shape index (κ1) is 21.9. The van der Waals surface area contributed by atoms with Crippen LogP contribution in [0.3, 0.4) is 0 Å². The van der Waals surface area contributed by atoms with Gasteiger partial charge in [-0.25, -0.2) is 0 Å². The van der Waals surface area contributed by atoms with Crippen molar-refractivity contribution in [3.63, 3.8) is 0 Å². The zero-order chi connectivity index (χ0) is 21.4. The third-order valence-electron chi connectivity index (χ3n) is 4.14. The second-order valence-electron chi connectivity index (χ2n) is 7.42. The van der Waals surface area contributed by atoms with Crippen LogP contribution in [0.2, 0.25) is 0 Å². The zero-order valence-corrected chi connectivity index (χ0v) is 17.1. The van der Waals surface area contributed by atoms with Crippen LogP contribution in [-0.4, -0.2) is 38.0 Å². The Morgan fingerprint density at radius 1 is 0.966 bits per heavy atom. The average molecular weight is 398 g/mol. The first-order chi connectivity index (χ1) is 13.7. The van der Waals surface area contributed by atoms with Crippen LogP contribution < -0.4 is 15.4 Å². The molecule has 2 N–H and O–H groups in total. The monoisotopic (exact) mass is 398 g/mol. The Morgan fingerprint density at radius 3 is 2.24 bits per heavy atom. The third-order valence-corrected chi connectivity index (χ3v) is 4.14. The predicted octanol–water partition coefficient (Wildman–Crippen LogP) is 2.90. The lowest BCUT2D eigenvalue weighted by molar-refractivity contribution is -0.146. The van der Waals surface area contributed by atoms with E-state index in [1.165, 1.54) is 7.11 Å². The molecule has 0 aromatic heterocycles. The Labute approximate surface area is 170 Å². The Hall–Kier alpha value is -3.35. The summed E-state index contributed by atoms with van der Waals surface area (Å²) in [6, 6.07) is 14.1. The smallest absolute Gasteiger partial charge is 0.325 e. The van der Waals surface area contributed by atoms with Gasteiger partial charge in [-0.3, -0.25) is 14.4 Å². The van der Waals surface area contributed by atoms with Crippen LogP contribution in [0.1, 0.15) is 36.7 Å². The molecule has 0 unspecified atom stereocenters. The molecule has 2 rings (SSSR count).